The molecule has 0 unspecified atom stereocenters. The highest BCUT2D eigenvalue weighted by Gasteiger charge is 2.36. The van der Waals surface area contributed by atoms with Crippen LogP contribution >= 0.6 is 0 Å². The Morgan fingerprint density at radius 1 is 0.649 bits per heavy atom. The number of aliphatic hydroxyl groups is 1. The van der Waals surface area contributed by atoms with Gasteiger partial charge in [0.2, 0.25) is 0 Å². The highest BCUT2D eigenvalue weighted by molar-refractivity contribution is 6.04. The molecule has 0 bridgehead atoms. The van der Waals surface area contributed by atoms with E-state index in [0.29, 0.717) is 6.42 Å². The van der Waals surface area contributed by atoms with Crippen molar-refractivity contribution >= 4 is 11.1 Å². The van der Waals surface area contributed by atoms with E-state index in [9.17, 15) is 5.11 Å². The number of benzene rings is 4. The number of aromatic nitrogens is 1. The molecule has 0 radical (unpaired) electrons. The molecule has 37 heavy (non-hydrogen) atoms. The smallest absolute Gasteiger partial charge is 0.120 e. The minimum Gasteiger partial charge on any atom is -0.380 e. The van der Waals surface area contributed by atoms with Gasteiger partial charge in [-0.15, -0.1) is 0 Å². The number of hydrogen-bond acceptors (Lipinski definition) is 2. The zero-order chi connectivity index (χ0) is 25.2. The van der Waals surface area contributed by atoms with Crippen molar-refractivity contribution in [3.63, 3.8) is 0 Å². The maximum absolute atomic E-state index is 12.0. The summed E-state index contributed by atoms with van der Waals surface area (Å²) in [6.45, 7) is 2.24. The lowest BCUT2D eigenvalue weighted by Crippen LogP contribution is -2.31. The molecule has 0 amide bonds. The average Bonchev–Trinajstić information content (AvgIpc) is 2.97. The van der Waals surface area contributed by atoms with Gasteiger partial charge in [-0.2, -0.15) is 0 Å². The van der Waals surface area contributed by atoms with Crippen LogP contribution in [0.4, 0.5) is 0 Å². The summed E-state index contributed by atoms with van der Waals surface area (Å²) in [5, 5.41) is 12.0. The third kappa shape index (κ3) is 4.20. The second-order valence-corrected chi connectivity index (χ2v) is 9.75. The SMILES string of the molecule is C[C@H]1C(=C(c2ccccc2)c2ccccc2)c2ccc(CC(O)(c3ccccc3)c3ccccc3)nc21. The van der Waals surface area contributed by atoms with Crippen LogP contribution in [0.2, 0.25) is 0 Å². The largest absolute Gasteiger partial charge is 0.380 e. The summed E-state index contributed by atoms with van der Waals surface area (Å²) in [5.41, 5.74) is 8.79. The molecule has 2 heteroatoms. The van der Waals surface area contributed by atoms with Gasteiger partial charge in [-0.1, -0.05) is 134 Å². The quantitative estimate of drug-likeness (QED) is 0.271. The molecule has 0 aliphatic heterocycles. The predicted octanol–water partition coefficient (Wildman–Crippen LogP) is 7.64. The number of nitrogens with zero attached hydrogens (tertiary/aromatic N) is 1. The van der Waals surface area contributed by atoms with E-state index >= 15 is 0 Å². The molecule has 1 aromatic heterocycles. The van der Waals surface area contributed by atoms with Gasteiger partial charge in [0.05, 0.1) is 5.69 Å². The van der Waals surface area contributed by atoms with Crippen molar-refractivity contribution in [1.82, 2.24) is 4.98 Å². The Hall–Kier alpha value is -4.27. The standard InChI is InChI=1S/C35H29NO/c1-25-32(33(26-14-6-2-7-15-26)27-16-8-3-9-17-27)31-23-22-30(36-34(25)31)24-35(37,28-18-10-4-11-19-28)29-20-12-5-13-21-29/h2-23,25,37H,24H2,1H3/t25-/m0/s1. The monoisotopic (exact) mass is 479 g/mol. The number of rotatable bonds is 6. The Labute approximate surface area is 218 Å². The van der Waals surface area contributed by atoms with Crippen molar-refractivity contribution in [3.05, 3.63) is 173 Å². The van der Waals surface area contributed by atoms with Gasteiger partial charge >= 0.3 is 0 Å². The van der Waals surface area contributed by atoms with Crippen molar-refractivity contribution in [2.24, 2.45) is 0 Å². The van der Waals surface area contributed by atoms with Crippen molar-refractivity contribution in [2.75, 3.05) is 0 Å². The first kappa shape index (κ1) is 23.1. The van der Waals surface area contributed by atoms with Gasteiger partial charge in [-0.25, -0.2) is 0 Å². The summed E-state index contributed by atoms with van der Waals surface area (Å²) in [7, 11) is 0. The molecule has 0 saturated heterocycles. The number of hydrogen-bond donors (Lipinski definition) is 1. The highest BCUT2D eigenvalue weighted by Crippen LogP contribution is 2.50. The Morgan fingerprint density at radius 2 is 1.11 bits per heavy atom. The van der Waals surface area contributed by atoms with E-state index in [1.54, 1.807) is 0 Å². The molecule has 1 aliphatic carbocycles. The van der Waals surface area contributed by atoms with Gasteiger partial charge in [-0.3, -0.25) is 4.98 Å². The second kappa shape index (κ2) is 9.65. The zero-order valence-corrected chi connectivity index (χ0v) is 20.9. The van der Waals surface area contributed by atoms with Crippen molar-refractivity contribution in [2.45, 2.75) is 24.9 Å². The Kier molecular flexibility index (Phi) is 6.04. The highest BCUT2D eigenvalue weighted by atomic mass is 16.3. The van der Waals surface area contributed by atoms with E-state index in [1.807, 2.05) is 60.7 Å². The molecule has 4 aromatic carbocycles. The van der Waals surface area contributed by atoms with Crippen LogP contribution in [0.1, 0.15) is 52.0 Å². The summed E-state index contributed by atoms with van der Waals surface area (Å²) in [6, 6.07) is 45.3. The van der Waals surface area contributed by atoms with Crippen molar-refractivity contribution < 1.29 is 5.11 Å². The zero-order valence-electron chi connectivity index (χ0n) is 20.9. The fourth-order valence-corrected chi connectivity index (χ4v) is 5.56. The lowest BCUT2D eigenvalue weighted by atomic mass is 9.72. The molecule has 1 aliphatic rings. The summed E-state index contributed by atoms with van der Waals surface area (Å²) in [6.07, 6.45) is 0.407. The molecular weight excluding hydrogens is 450 g/mol. The van der Waals surface area contributed by atoms with Gasteiger partial charge in [0.15, 0.2) is 0 Å². The molecule has 0 fully saturated rings. The summed E-state index contributed by atoms with van der Waals surface area (Å²) in [4.78, 5) is 5.10. The van der Waals surface area contributed by atoms with E-state index in [4.69, 9.17) is 4.98 Å². The molecule has 0 saturated carbocycles. The molecule has 2 nitrogen and oxygen atoms in total. The maximum atomic E-state index is 12.0. The fourth-order valence-electron chi connectivity index (χ4n) is 5.56. The molecule has 180 valence electrons. The summed E-state index contributed by atoms with van der Waals surface area (Å²) < 4.78 is 0. The number of pyridine rings is 1. The summed E-state index contributed by atoms with van der Waals surface area (Å²) >= 11 is 0. The normalized spacial score (nSPS) is 14.5. The van der Waals surface area contributed by atoms with E-state index in [1.165, 1.54) is 27.8 Å². The maximum Gasteiger partial charge on any atom is 0.120 e. The number of allylic oxidation sites excluding steroid dienone is 1. The first-order valence-corrected chi connectivity index (χ1v) is 12.8. The lowest BCUT2D eigenvalue weighted by Gasteiger charge is -2.34. The molecule has 1 heterocycles. The first-order chi connectivity index (χ1) is 18.1. The minimum atomic E-state index is -1.16. The van der Waals surface area contributed by atoms with Gasteiger partial charge in [-0.05, 0) is 39.5 Å². The van der Waals surface area contributed by atoms with E-state index in [2.05, 4.69) is 79.7 Å². The van der Waals surface area contributed by atoms with Crippen LogP contribution in [-0.2, 0) is 12.0 Å². The van der Waals surface area contributed by atoms with Crippen molar-refractivity contribution in [3.8, 4) is 0 Å². The molecule has 5 aromatic rings. The lowest BCUT2D eigenvalue weighted by molar-refractivity contribution is 0.0800. The Bertz CT molecular complexity index is 1460. The van der Waals surface area contributed by atoms with Gasteiger partial charge in [0.1, 0.15) is 5.60 Å². The van der Waals surface area contributed by atoms with Gasteiger partial charge < -0.3 is 5.11 Å². The second-order valence-electron chi connectivity index (χ2n) is 9.75. The topological polar surface area (TPSA) is 33.1 Å². The predicted molar refractivity (Wildman–Crippen MR) is 151 cm³/mol. The van der Waals surface area contributed by atoms with E-state index < -0.39 is 5.60 Å². The first-order valence-electron chi connectivity index (χ1n) is 12.8. The Morgan fingerprint density at radius 3 is 1.59 bits per heavy atom. The number of fused-ring (bicyclic) bond motifs is 1. The van der Waals surface area contributed by atoms with E-state index in [0.717, 1.165) is 22.5 Å². The summed E-state index contributed by atoms with van der Waals surface area (Å²) in [5.74, 6) is 0.201. The molecule has 0 spiro atoms. The van der Waals surface area contributed by atoms with Crippen LogP contribution in [0.15, 0.2) is 133 Å². The molecule has 1 N–H and O–H groups in total. The van der Waals surface area contributed by atoms with Crippen LogP contribution in [0.3, 0.4) is 0 Å². The van der Waals surface area contributed by atoms with Crippen LogP contribution in [-0.4, -0.2) is 10.1 Å². The fraction of sp³-hybridized carbons (Fsp3) is 0.114. The van der Waals surface area contributed by atoms with Gasteiger partial charge in [0.25, 0.3) is 0 Å². The van der Waals surface area contributed by atoms with E-state index in [-0.39, 0.29) is 5.92 Å². The van der Waals surface area contributed by atoms with Crippen LogP contribution in [0.25, 0.3) is 11.1 Å². The molecule has 1 atom stereocenters. The third-order valence-electron chi connectivity index (χ3n) is 7.45. The third-order valence-corrected chi connectivity index (χ3v) is 7.45. The van der Waals surface area contributed by atoms with Gasteiger partial charge in [0, 0.05) is 23.6 Å². The van der Waals surface area contributed by atoms with Crippen LogP contribution in [0, 0.1) is 0 Å². The van der Waals surface area contributed by atoms with Crippen LogP contribution in [0.5, 0.6) is 0 Å². The Balaban J connectivity index is 1.42. The molecular formula is C35H29NO. The molecule has 6 rings (SSSR count). The average molecular weight is 480 g/mol. The van der Waals surface area contributed by atoms with Crippen molar-refractivity contribution in [1.29, 1.82) is 0 Å². The van der Waals surface area contributed by atoms with Crippen LogP contribution < -0.4 is 0 Å². The minimum absolute atomic E-state index is 0.201.